The zero-order chi connectivity index (χ0) is 17.1. The summed E-state index contributed by atoms with van der Waals surface area (Å²) in [4.78, 5) is 24.5. The van der Waals surface area contributed by atoms with Crippen molar-refractivity contribution in [2.45, 2.75) is 51.2 Å². The lowest BCUT2D eigenvalue weighted by Gasteiger charge is -2.47. The Bertz CT molecular complexity index is 564. The highest BCUT2D eigenvalue weighted by molar-refractivity contribution is 5.87. The van der Waals surface area contributed by atoms with Gasteiger partial charge in [0.25, 0.3) is 0 Å². The van der Waals surface area contributed by atoms with Crippen LogP contribution in [-0.4, -0.2) is 30.3 Å². The molecule has 1 saturated carbocycles. The second-order valence-corrected chi connectivity index (χ2v) is 7.02. The number of carbonyl (C=O) groups excluding carboxylic acids is 2. The van der Waals surface area contributed by atoms with Crippen LogP contribution in [0.5, 0.6) is 0 Å². The Balaban J connectivity index is 2.13. The minimum atomic E-state index is -0.993. The van der Waals surface area contributed by atoms with Crippen molar-refractivity contribution in [1.82, 2.24) is 5.32 Å². The minimum Gasteiger partial charge on any atom is -0.467 e. The molecule has 0 saturated heterocycles. The molecule has 5 nitrogen and oxygen atoms in total. The lowest BCUT2D eigenvalue weighted by Crippen LogP contribution is -2.66. The third kappa shape index (κ3) is 4.03. The summed E-state index contributed by atoms with van der Waals surface area (Å²) >= 11 is 0. The molecular weight excluding hydrogens is 294 g/mol. The second-order valence-electron chi connectivity index (χ2n) is 7.02. The largest absolute Gasteiger partial charge is 0.467 e. The van der Waals surface area contributed by atoms with E-state index in [1.54, 1.807) is 20.8 Å². The van der Waals surface area contributed by atoms with Gasteiger partial charge in [-0.1, -0.05) is 30.3 Å². The molecule has 1 fully saturated rings. The van der Waals surface area contributed by atoms with Crippen molar-refractivity contribution >= 4 is 12.1 Å². The normalized spacial score (nSPS) is 23.6. The van der Waals surface area contributed by atoms with E-state index in [0.29, 0.717) is 12.8 Å². The van der Waals surface area contributed by atoms with E-state index in [1.165, 1.54) is 7.11 Å². The van der Waals surface area contributed by atoms with E-state index in [2.05, 4.69) is 5.32 Å². The second kappa shape index (κ2) is 6.60. The first kappa shape index (κ1) is 17.3. The molecule has 1 aromatic carbocycles. The number of benzene rings is 1. The molecule has 1 amide bonds. The number of hydrogen-bond donors (Lipinski definition) is 1. The van der Waals surface area contributed by atoms with E-state index in [0.717, 1.165) is 12.0 Å². The van der Waals surface area contributed by atoms with Crippen LogP contribution in [-0.2, 0) is 20.7 Å². The first-order valence-corrected chi connectivity index (χ1v) is 7.90. The van der Waals surface area contributed by atoms with Crippen LogP contribution in [0.2, 0.25) is 0 Å². The molecule has 2 atom stereocenters. The molecule has 1 aromatic rings. The van der Waals surface area contributed by atoms with Crippen molar-refractivity contribution in [3.05, 3.63) is 35.9 Å². The van der Waals surface area contributed by atoms with E-state index in [4.69, 9.17) is 9.47 Å². The number of hydrogen-bond acceptors (Lipinski definition) is 4. The van der Waals surface area contributed by atoms with Crippen LogP contribution < -0.4 is 5.32 Å². The summed E-state index contributed by atoms with van der Waals surface area (Å²) in [6, 6.07) is 9.93. The van der Waals surface area contributed by atoms with Crippen LogP contribution in [0.15, 0.2) is 30.3 Å². The van der Waals surface area contributed by atoms with Crippen molar-refractivity contribution in [3.63, 3.8) is 0 Å². The van der Waals surface area contributed by atoms with Crippen molar-refractivity contribution in [1.29, 1.82) is 0 Å². The molecule has 5 heteroatoms. The molecule has 2 rings (SSSR count). The number of ether oxygens (including phenoxy) is 2. The van der Waals surface area contributed by atoms with E-state index in [1.807, 2.05) is 30.3 Å². The Morgan fingerprint density at radius 2 is 1.91 bits per heavy atom. The Morgan fingerprint density at radius 1 is 1.26 bits per heavy atom. The first-order valence-electron chi connectivity index (χ1n) is 7.90. The number of alkyl carbamates (subject to hydrolysis) is 1. The molecule has 0 aromatic heterocycles. The predicted octanol–water partition coefficient (Wildman–Crippen LogP) is 3.08. The summed E-state index contributed by atoms with van der Waals surface area (Å²) in [5, 5.41) is 2.77. The van der Waals surface area contributed by atoms with Crippen LogP contribution in [0.1, 0.15) is 39.2 Å². The van der Waals surface area contributed by atoms with Crippen molar-refractivity contribution in [2.75, 3.05) is 7.11 Å². The summed E-state index contributed by atoms with van der Waals surface area (Å²) in [5.74, 6) is -0.402. The summed E-state index contributed by atoms with van der Waals surface area (Å²) in [6.07, 6.45) is 1.56. The maximum atomic E-state index is 12.3. The molecule has 0 bridgehead atoms. The van der Waals surface area contributed by atoms with Gasteiger partial charge in [-0.15, -0.1) is 0 Å². The topological polar surface area (TPSA) is 64.6 Å². The van der Waals surface area contributed by atoms with Gasteiger partial charge in [0.2, 0.25) is 0 Å². The smallest absolute Gasteiger partial charge is 0.408 e. The molecule has 2 unspecified atom stereocenters. The third-order valence-electron chi connectivity index (χ3n) is 4.18. The fourth-order valence-electron chi connectivity index (χ4n) is 2.96. The molecule has 1 aliphatic carbocycles. The lowest BCUT2D eigenvalue weighted by molar-refractivity contribution is -0.157. The van der Waals surface area contributed by atoms with E-state index in [-0.39, 0.29) is 5.92 Å². The van der Waals surface area contributed by atoms with Crippen LogP contribution in [0, 0.1) is 5.92 Å². The summed E-state index contributed by atoms with van der Waals surface area (Å²) < 4.78 is 10.3. The quantitative estimate of drug-likeness (QED) is 0.866. The zero-order valence-corrected chi connectivity index (χ0v) is 14.2. The maximum Gasteiger partial charge on any atom is 0.408 e. The average Bonchev–Trinajstić information content (AvgIpc) is 2.47. The molecule has 126 valence electrons. The van der Waals surface area contributed by atoms with Gasteiger partial charge in [0, 0.05) is 0 Å². The first-order chi connectivity index (χ1) is 10.8. The van der Waals surface area contributed by atoms with Gasteiger partial charge in [-0.05, 0) is 51.5 Å². The fraction of sp³-hybridized carbons (Fsp3) is 0.556. The molecule has 0 heterocycles. The van der Waals surface area contributed by atoms with Gasteiger partial charge in [-0.25, -0.2) is 9.59 Å². The van der Waals surface area contributed by atoms with E-state index in [9.17, 15) is 9.59 Å². The third-order valence-corrected chi connectivity index (χ3v) is 4.18. The Morgan fingerprint density at radius 3 is 2.39 bits per heavy atom. The predicted molar refractivity (Wildman–Crippen MR) is 87.0 cm³/mol. The van der Waals surface area contributed by atoms with Crippen LogP contribution >= 0.6 is 0 Å². The average molecular weight is 319 g/mol. The van der Waals surface area contributed by atoms with Gasteiger partial charge >= 0.3 is 12.1 Å². The van der Waals surface area contributed by atoms with Crippen LogP contribution in [0.3, 0.4) is 0 Å². The fourth-order valence-corrected chi connectivity index (χ4v) is 2.96. The SMILES string of the molecule is COC(=O)C1(NC(=O)OC(C)(C)C)CCC1Cc1ccccc1. The molecule has 23 heavy (non-hydrogen) atoms. The Kier molecular flexibility index (Phi) is 4.97. The van der Waals surface area contributed by atoms with Gasteiger partial charge in [0.15, 0.2) is 0 Å². The summed E-state index contributed by atoms with van der Waals surface area (Å²) in [7, 11) is 1.35. The molecular formula is C18H25NO4. The van der Waals surface area contributed by atoms with Gasteiger partial charge in [-0.3, -0.25) is 0 Å². The van der Waals surface area contributed by atoms with Crippen molar-refractivity contribution in [2.24, 2.45) is 5.92 Å². The maximum absolute atomic E-state index is 12.3. The number of nitrogens with one attached hydrogen (secondary N) is 1. The van der Waals surface area contributed by atoms with Gasteiger partial charge in [0.05, 0.1) is 7.11 Å². The van der Waals surface area contributed by atoms with Crippen LogP contribution in [0.25, 0.3) is 0 Å². The number of esters is 1. The monoisotopic (exact) mass is 319 g/mol. The zero-order valence-electron chi connectivity index (χ0n) is 14.2. The Hall–Kier alpha value is -2.04. The summed E-state index contributed by atoms with van der Waals surface area (Å²) in [5.41, 5.74) is -0.469. The van der Waals surface area contributed by atoms with Crippen molar-refractivity contribution in [3.8, 4) is 0 Å². The molecule has 0 radical (unpaired) electrons. The Labute approximate surface area is 137 Å². The van der Waals surface area contributed by atoms with Crippen LogP contribution in [0.4, 0.5) is 4.79 Å². The lowest BCUT2D eigenvalue weighted by atomic mass is 9.64. The molecule has 1 aliphatic rings. The number of rotatable bonds is 4. The van der Waals surface area contributed by atoms with Gasteiger partial charge in [-0.2, -0.15) is 0 Å². The molecule has 0 aliphatic heterocycles. The van der Waals surface area contributed by atoms with E-state index >= 15 is 0 Å². The standard InChI is InChI=1S/C18H25NO4/c1-17(2,3)23-16(21)19-18(15(20)22-4)11-10-14(18)12-13-8-6-5-7-9-13/h5-9,14H,10-12H2,1-4H3,(H,19,21). The summed E-state index contributed by atoms with van der Waals surface area (Å²) in [6.45, 7) is 5.37. The van der Waals surface area contributed by atoms with Gasteiger partial charge in [0.1, 0.15) is 11.1 Å². The van der Waals surface area contributed by atoms with Gasteiger partial charge < -0.3 is 14.8 Å². The molecule has 1 N–H and O–H groups in total. The van der Waals surface area contributed by atoms with Crippen molar-refractivity contribution < 1.29 is 19.1 Å². The highest BCUT2D eigenvalue weighted by Gasteiger charge is 2.55. The highest BCUT2D eigenvalue weighted by atomic mass is 16.6. The van der Waals surface area contributed by atoms with E-state index < -0.39 is 23.2 Å². The highest BCUT2D eigenvalue weighted by Crippen LogP contribution is 2.42. The number of methoxy groups -OCH3 is 1. The minimum absolute atomic E-state index is 0.00451. The number of carbonyl (C=O) groups is 2. The molecule has 0 spiro atoms. The number of amides is 1.